The van der Waals surface area contributed by atoms with E-state index >= 15 is 0 Å². The Kier molecular flexibility index (Phi) is 20.5. The molecule has 0 amide bonds. The standard InChI is InChI=1S/C36H84O6Si5/c1-19-37-46(38-20-2,39-21-3)32-30-28-26-24-22-23-25-27-29-31-33-47(40-43(13,14)34(4,5)6,41-44(15,16)35(7,8)9)42-45(17,18)36(10,11)12/h19-33H2,1-18H3. The summed E-state index contributed by atoms with van der Waals surface area (Å²) < 4.78 is 40.5. The Hall–Kier alpha value is 0.844. The van der Waals surface area contributed by atoms with E-state index < -0.39 is 42.6 Å². The van der Waals surface area contributed by atoms with Crippen molar-refractivity contribution in [2.24, 2.45) is 0 Å². The SMILES string of the molecule is CCO[Si](CCCCCCCCCCCC[Si](O[Si](C)(C)C(C)(C)C)(O[Si](C)(C)C(C)(C)C)O[Si](C)(C)C(C)(C)C)(OCC)OCC. The van der Waals surface area contributed by atoms with Gasteiger partial charge in [0.2, 0.25) is 0 Å². The predicted octanol–water partition coefficient (Wildman–Crippen LogP) is 12.9. The zero-order valence-electron chi connectivity index (χ0n) is 35.1. The molecule has 0 rings (SSSR count). The van der Waals surface area contributed by atoms with E-state index in [0.717, 1.165) is 24.9 Å². The molecule has 0 heterocycles. The smallest absolute Gasteiger partial charge is 0.416 e. The zero-order valence-corrected chi connectivity index (χ0v) is 40.1. The van der Waals surface area contributed by atoms with Gasteiger partial charge < -0.3 is 25.6 Å². The maximum Gasteiger partial charge on any atom is 0.500 e. The Morgan fingerprint density at radius 2 is 0.553 bits per heavy atom. The van der Waals surface area contributed by atoms with Crippen LogP contribution < -0.4 is 0 Å². The molecule has 0 N–H and O–H groups in total. The van der Waals surface area contributed by atoms with Crippen molar-refractivity contribution in [3.63, 3.8) is 0 Å². The summed E-state index contributed by atoms with van der Waals surface area (Å²) >= 11 is 0. The number of unbranched alkanes of at least 4 members (excludes halogenated alkanes) is 9. The highest BCUT2D eigenvalue weighted by molar-refractivity contribution is 6.92. The summed E-state index contributed by atoms with van der Waals surface area (Å²) in [4.78, 5) is 0. The lowest BCUT2D eigenvalue weighted by molar-refractivity contribution is 0.0706. The van der Waals surface area contributed by atoms with Crippen molar-refractivity contribution < 1.29 is 25.6 Å². The first-order chi connectivity index (χ1) is 21.3. The first-order valence-electron chi connectivity index (χ1n) is 19.3. The molecule has 11 heteroatoms. The van der Waals surface area contributed by atoms with Crippen molar-refractivity contribution >= 4 is 42.6 Å². The lowest BCUT2D eigenvalue weighted by atomic mass is 10.1. The van der Waals surface area contributed by atoms with Gasteiger partial charge in [0, 0.05) is 31.9 Å². The van der Waals surface area contributed by atoms with E-state index in [0.29, 0.717) is 19.8 Å². The van der Waals surface area contributed by atoms with Crippen LogP contribution in [-0.4, -0.2) is 62.4 Å². The van der Waals surface area contributed by atoms with Crippen LogP contribution in [-0.2, 0) is 25.6 Å². The highest BCUT2D eigenvalue weighted by Gasteiger charge is 2.57. The molecule has 0 unspecified atom stereocenters. The second-order valence-electron chi connectivity index (χ2n) is 18.3. The number of hydrogen-bond donors (Lipinski definition) is 0. The lowest BCUT2D eigenvalue weighted by Crippen LogP contribution is -2.65. The molecule has 0 aliphatic rings. The van der Waals surface area contributed by atoms with Gasteiger partial charge in [0.1, 0.15) is 0 Å². The summed E-state index contributed by atoms with van der Waals surface area (Å²) in [6, 6.07) is 1.87. The largest absolute Gasteiger partial charge is 0.500 e. The van der Waals surface area contributed by atoms with E-state index in [-0.39, 0.29) is 15.1 Å². The third kappa shape index (κ3) is 16.8. The third-order valence-electron chi connectivity index (χ3n) is 11.0. The molecule has 0 saturated carbocycles. The molecule has 0 fully saturated rings. The fraction of sp³-hybridized carbons (Fsp3) is 1.00. The van der Waals surface area contributed by atoms with E-state index in [9.17, 15) is 0 Å². The molecule has 0 aliphatic heterocycles. The first kappa shape index (κ1) is 47.8. The van der Waals surface area contributed by atoms with E-state index in [1.165, 1.54) is 51.4 Å². The molecule has 6 nitrogen and oxygen atoms in total. The summed E-state index contributed by atoms with van der Waals surface area (Å²) in [5, 5.41) is 0.291. The Balaban J connectivity index is 5.31. The predicted molar refractivity (Wildman–Crippen MR) is 217 cm³/mol. The Morgan fingerprint density at radius 1 is 0.340 bits per heavy atom. The normalized spacial score (nSPS) is 14.7. The van der Waals surface area contributed by atoms with Crippen LogP contribution in [0.4, 0.5) is 0 Å². The van der Waals surface area contributed by atoms with Gasteiger partial charge in [-0.25, -0.2) is 0 Å². The monoisotopic (exact) mass is 753 g/mol. The Morgan fingerprint density at radius 3 is 0.766 bits per heavy atom. The minimum Gasteiger partial charge on any atom is -0.416 e. The number of rotatable bonds is 25. The van der Waals surface area contributed by atoms with Gasteiger partial charge in [-0.2, -0.15) is 0 Å². The van der Waals surface area contributed by atoms with E-state index in [2.05, 4.69) is 102 Å². The fourth-order valence-electron chi connectivity index (χ4n) is 4.94. The molecule has 0 aromatic carbocycles. The van der Waals surface area contributed by atoms with Gasteiger partial charge in [-0.15, -0.1) is 0 Å². The molecule has 0 spiro atoms. The highest BCUT2D eigenvalue weighted by Crippen LogP contribution is 2.47. The number of hydrogen-bond acceptors (Lipinski definition) is 6. The second kappa shape index (κ2) is 20.2. The first-order valence-corrected chi connectivity index (χ1v) is 31.9. The average molecular weight is 753 g/mol. The summed E-state index contributed by atoms with van der Waals surface area (Å²) in [6.07, 6.45) is 12.5. The molecule has 0 aromatic rings. The van der Waals surface area contributed by atoms with Gasteiger partial charge >= 0.3 is 17.6 Å². The Bertz CT molecular complexity index is 760. The van der Waals surface area contributed by atoms with Crippen LogP contribution in [0.1, 0.15) is 147 Å². The maximum absolute atomic E-state index is 7.49. The topological polar surface area (TPSA) is 55.4 Å². The average Bonchev–Trinajstić information content (AvgIpc) is 2.87. The molecule has 47 heavy (non-hydrogen) atoms. The van der Waals surface area contributed by atoms with Gasteiger partial charge in [0.05, 0.1) is 0 Å². The van der Waals surface area contributed by atoms with Gasteiger partial charge in [-0.3, -0.25) is 0 Å². The van der Waals surface area contributed by atoms with E-state index in [1.54, 1.807) is 0 Å². The fourth-order valence-corrected chi connectivity index (χ4v) is 24.2. The summed E-state index contributed by atoms with van der Waals surface area (Å²) in [5.41, 5.74) is 0. The Labute approximate surface area is 300 Å². The van der Waals surface area contributed by atoms with Crippen LogP contribution in [0.3, 0.4) is 0 Å². The summed E-state index contributed by atoms with van der Waals surface area (Å²) in [7, 11) is -11.9. The summed E-state index contributed by atoms with van der Waals surface area (Å²) in [6.45, 7) is 43.5. The van der Waals surface area contributed by atoms with E-state index in [4.69, 9.17) is 25.6 Å². The maximum atomic E-state index is 7.49. The molecule has 0 atom stereocenters. The molecular weight excluding hydrogens is 669 g/mol. The van der Waals surface area contributed by atoms with Crippen LogP contribution in [0.2, 0.25) is 66.5 Å². The lowest BCUT2D eigenvalue weighted by Gasteiger charge is -2.52. The van der Waals surface area contributed by atoms with Crippen molar-refractivity contribution in [1.29, 1.82) is 0 Å². The molecule has 0 bridgehead atoms. The van der Waals surface area contributed by atoms with Crippen molar-refractivity contribution in [2.45, 2.75) is 214 Å². The third-order valence-corrected chi connectivity index (χ3v) is 35.8. The van der Waals surface area contributed by atoms with Crippen molar-refractivity contribution in [3.05, 3.63) is 0 Å². The van der Waals surface area contributed by atoms with Crippen LogP contribution in [0.25, 0.3) is 0 Å². The van der Waals surface area contributed by atoms with Gasteiger partial charge in [-0.1, -0.05) is 114 Å². The quantitative estimate of drug-likeness (QED) is 0.0684. The van der Waals surface area contributed by atoms with Crippen LogP contribution in [0.15, 0.2) is 0 Å². The van der Waals surface area contributed by atoms with Gasteiger partial charge in [-0.05, 0) is 88.0 Å². The van der Waals surface area contributed by atoms with Crippen molar-refractivity contribution in [2.75, 3.05) is 19.8 Å². The van der Waals surface area contributed by atoms with Crippen LogP contribution in [0, 0.1) is 0 Å². The molecule has 0 radical (unpaired) electrons. The van der Waals surface area contributed by atoms with Gasteiger partial charge in [0.25, 0.3) is 0 Å². The molecular formula is C36H84O6Si5. The molecule has 0 aromatic heterocycles. The molecule has 284 valence electrons. The van der Waals surface area contributed by atoms with Crippen LogP contribution in [0.5, 0.6) is 0 Å². The highest BCUT2D eigenvalue weighted by atomic mass is 28.5. The van der Waals surface area contributed by atoms with Gasteiger partial charge in [0.15, 0.2) is 25.0 Å². The molecule has 0 aliphatic carbocycles. The minimum absolute atomic E-state index is 0.0970. The molecule has 0 saturated heterocycles. The van der Waals surface area contributed by atoms with Crippen molar-refractivity contribution in [1.82, 2.24) is 0 Å². The van der Waals surface area contributed by atoms with E-state index in [1.807, 2.05) is 20.8 Å². The van der Waals surface area contributed by atoms with Crippen molar-refractivity contribution in [3.8, 4) is 0 Å². The summed E-state index contributed by atoms with van der Waals surface area (Å²) in [5.74, 6) is 0. The minimum atomic E-state index is -2.99. The van der Waals surface area contributed by atoms with Crippen LogP contribution >= 0.6 is 0 Å². The zero-order chi connectivity index (χ0) is 36.8. The second-order valence-corrected chi connectivity index (χ2v) is 38.9.